The Labute approximate surface area is 105 Å². The molecule has 0 fully saturated rings. The van der Waals surface area contributed by atoms with Crippen LogP contribution in [-0.4, -0.2) is 4.98 Å². The SMILES string of the molecule is C=CC(=C(C)CCCC(C)C)c1ccncc1. The maximum absolute atomic E-state index is 4.05. The molecule has 0 aliphatic carbocycles. The van der Waals surface area contributed by atoms with E-state index in [4.69, 9.17) is 0 Å². The summed E-state index contributed by atoms with van der Waals surface area (Å²) < 4.78 is 0. The average Bonchev–Trinajstić information content (AvgIpc) is 2.31. The molecule has 1 heteroatoms. The smallest absolute Gasteiger partial charge is 0.0273 e. The van der Waals surface area contributed by atoms with Crippen LogP contribution in [0.4, 0.5) is 0 Å². The van der Waals surface area contributed by atoms with Gasteiger partial charge >= 0.3 is 0 Å². The van der Waals surface area contributed by atoms with Crippen LogP contribution in [0.3, 0.4) is 0 Å². The Hall–Kier alpha value is -1.37. The molecule has 0 atom stereocenters. The molecule has 0 aliphatic heterocycles. The lowest BCUT2D eigenvalue weighted by atomic mass is 9.96. The molecule has 0 saturated heterocycles. The van der Waals surface area contributed by atoms with Gasteiger partial charge in [-0.15, -0.1) is 0 Å². The zero-order chi connectivity index (χ0) is 12.7. The highest BCUT2D eigenvalue weighted by Crippen LogP contribution is 2.23. The molecule has 0 saturated carbocycles. The summed E-state index contributed by atoms with van der Waals surface area (Å²) in [5.41, 5.74) is 3.90. The molecular weight excluding hydrogens is 206 g/mol. The van der Waals surface area contributed by atoms with Gasteiger partial charge < -0.3 is 0 Å². The van der Waals surface area contributed by atoms with E-state index in [1.54, 1.807) is 0 Å². The molecule has 1 rings (SSSR count). The number of hydrogen-bond donors (Lipinski definition) is 0. The normalized spacial score (nSPS) is 12.5. The second-order valence-corrected chi connectivity index (χ2v) is 4.92. The van der Waals surface area contributed by atoms with Crippen LogP contribution in [-0.2, 0) is 0 Å². The molecule has 0 unspecified atom stereocenters. The molecule has 0 spiro atoms. The van der Waals surface area contributed by atoms with E-state index in [2.05, 4.69) is 32.3 Å². The molecule has 1 nitrogen and oxygen atoms in total. The molecule has 1 aromatic rings. The van der Waals surface area contributed by atoms with Crippen LogP contribution in [0.1, 0.15) is 45.6 Å². The Morgan fingerprint density at radius 2 is 2.00 bits per heavy atom. The van der Waals surface area contributed by atoms with Gasteiger partial charge in [-0.05, 0) is 49.0 Å². The van der Waals surface area contributed by atoms with Crippen LogP contribution in [0.25, 0.3) is 5.57 Å². The number of nitrogens with zero attached hydrogens (tertiary/aromatic N) is 1. The van der Waals surface area contributed by atoms with Crippen molar-refractivity contribution in [3.8, 4) is 0 Å². The molecule has 0 radical (unpaired) electrons. The molecular formula is C16H23N. The lowest BCUT2D eigenvalue weighted by molar-refractivity contribution is 0.555. The van der Waals surface area contributed by atoms with E-state index in [0.29, 0.717) is 0 Å². The molecule has 0 aromatic carbocycles. The van der Waals surface area contributed by atoms with Crippen LogP contribution < -0.4 is 0 Å². The first kappa shape index (κ1) is 13.7. The molecule has 0 N–H and O–H groups in total. The number of pyridine rings is 1. The molecule has 0 amide bonds. The Balaban J connectivity index is 2.74. The third-order valence-electron chi connectivity index (χ3n) is 2.99. The van der Waals surface area contributed by atoms with Gasteiger partial charge in [-0.25, -0.2) is 0 Å². The van der Waals surface area contributed by atoms with Gasteiger partial charge in [0.15, 0.2) is 0 Å². The average molecular weight is 229 g/mol. The van der Waals surface area contributed by atoms with Gasteiger partial charge in [0.2, 0.25) is 0 Å². The van der Waals surface area contributed by atoms with Crippen molar-refractivity contribution >= 4 is 5.57 Å². The summed E-state index contributed by atoms with van der Waals surface area (Å²) in [6.07, 6.45) is 9.33. The van der Waals surface area contributed by atoms with Gasteiger partial charge in [0.05, 0.1) is 0 Å². The Bertz CT molecular complexity index is 374. The Kier molecular flexibility index (Phi) is 5.68. The molecule has 1 heterocycles. The molecule has 17 heavy (non-hydrogen) atoms. The molecule has 0 bridgehead atoms. The van der Waals surface area contributed by atoms with Crippen LogP contribution in [0.2, 0.25) is 0 Å². The largest absolute Gasteiger partial charge is 0.265 e. The van der Waals surface area contributed by atoms with Crippen LogP contribution in [0, 0.1) is 5.92 Å². The second-order valence-electron chi connectivity index (χ2n) is 4.92. The van der Waals surface area contributed by atoms with Gasteiger partial charge in [0.1, 0.15) is 0 Å². The topological polar surface area (TPSA) is 12.9 Å². The maximum atomic E-state index is 4.05. The summed E-state index contributed by atoms with van der Waals surface area (Å²) in [6, 6.07) is 4.09. The van der Waals surface area contributed by atoms with Crippen molar-refractivity contribution in [1.29, 1.82) is 0 Å². The predicted molar refractivity (Wildman–Crippen MR) is 75.7 cm³/mol. The summed E-state index contributed by atoms with van der Waals surface area (Å²) in [5, 5.41) is 0. The lowest BCUT2D eigenvalue weighted by Gasteiger charge is -2.10. The van der Waals surface area contributed by atoms with E-state index in [-0.39, 0.29) is 0 Å². The fraction of sp³-hybridized carbons (Fsp3) is 0.438. The third-order valence-corrected chi connectivity index (χ3v) is 2.99. The van der Waals surface area contributed by atoms with Crippen LogP contribution >= 0.6 is 0 Å². The molecule has 0 aliphatic rings. The molecule has 1 aromatic heterocycles. The minimum atomic E-state index is 0.788. The van der Waals surface area contributed by atoms with Gasteiger partial charge in [-0.2, -0.15) is 0 Å². The van der Waals surface area contributed by atoms with E-state index in [1.807, 2.05) is 30.6 Å². The van der Waals surface area contributed by atoms with Crippen molar-refractivity contribution in [2.75, 3.05) is 0 Å². The van der Waals surface area contributed by atoms with E-state index in [9.17, 15) is 0 Å². The Morgan fingerprint density at radius 3 is 2.53 bits per heavy atom. The van der Waals surface area contributed by atoms with Gasteiger partial charge in [0.25, 0.3) is 0 Å². The minimum absolute atomic E-state index is 0.788. The summed E-state index contributed by atoms with van der Waals surface area (Å²) in [4.78, 5) is 4.05. The number of allylic oxidation sites excluding steroid dienone is 3. The van der Waals surface area contributed by atoms with Crippen molar-refractivity contribution < 1.29 is 0 Å². The highest BCUT2D eigenvalue weighted by molar-refractivity contribution is 5.75. The fourth-order valence-electron chi connectivity index (χ4n) is 1.98. The van der Waals surface area contributed by atoms with E-state index < -0.39 is 0 Å². The quantitative estimate of drug-likeness (QED) is 0.634. The first-order valence-corrected chi connectivity index (χ1v) is 6.37. The number of aromatic nitrogens is 1. The molecule has 92 valence electrons. The minimum Gasteiger partial charge on any atom is -0.265 e. The lowest BCUT2D eigenvalue weighted by Crippen LogP contribution is -1.91. The first-order chi connectivity index (χ1) is 8.15. The monoisotopic (exact) mass is 229 g/mol. The zero-order valence-electron chi connectivity index (χ0n) is 11.2. The van der Waals surface area contributed by atoms with Gasteiger partial charge in [0, 0.05) is 12.4 Å². The van der Waals surface area contributed by atoms with Crippen molar-refractivity contribution in [2.24, 2.45) is 5.92 Å². The summed E-state index contributed by atoms with van der Waals surface area (Å²) >= 11 is 0. The van der Waals surface area contributed by atoms with Crippen molar-refractivity contribution in [2.45, 2.75) is 40.0 Å². The maximum Gasteiger partial charge on any atom is 0.0273 e. The van der Waals surface area contributed by atoms with Crippen LogP contribution in [0.5, 0.6) is 0 Å². The Morgan fingerprint density at radius 1 is 1.35 bits per heavy atom. The van der Waals surface area contributed by atoms with Crippen molar-refractivity contribution in [3.05, 3.63) is 48.3 Å². The van der Waals surface area contributed by atoms with E-state index in [1.165, 1.54) is 29.6 Å². The fourth-order valence-corrected chi connectivity index (χ4v) is 1.98. The summed E-state index contributed by atoms with van der Waals surface area (Å²) in [6.45, 7) is 10.7. The summed E-state index contributed by atoms with van der Waals surface area (Å²) in [7, 11) is 0. The first-order valence-electron chi connectivity index (χ1n) is 6.37. The summed E-state index contributed by atoms with van der Waals surface area (Å²) in [5.74, 6) is 0.788. The van der Waals surface area contributed by atoms with Gasteiger partial charge in [-0.3, -0.25) is 4.98 Å². The van der Waals surface area contributed by atoms with E-state index >= 15 is 0 Å². The highest BCUT2D eigenvalue weighted by atomic mass is 14.6. The highest BCUT2D eigenvalue weighted by Gasteiger charge is 2.03. The number of rotatable bonds is 6. The van der Waals surface area contributed by atoms with Gasteiger partial charge in [-0.1, -0.05) is 38.5 Å². The second kappa shape index (κ2) is 7.05. The zero-order valence-corrected chi connectivity index (χ0v) is 11.2. The van der Waals surface area contributed by atoms with Crippen molar-refractivity contribution in [3.63, 3.8) is 0 Å². The number of hydrogen-bond acceptors (Lipinski definition) is 1. The van der Waals surface area contributed by atoms with E-state index in [0.717, 1.165) is 12.3 Å². The van der Waals surface area contributed by atoms with Crippen LogP contribution in [0.15, 0.2) is 42.8 Å². The predicted octanol–water partition coefficient (Wildman–Crippen LogP) is 4.87. The third kappa shape index (κ3) is 4.56. The standard InChI is InChI=1S/C16H23N/c1-5-16(15-9-11-17-12-10-15)14(4)8-6-7-13(2)3/h5,9-13H,1,6-8H2,2-4H3. The van der Waals surface area contributed by atoms with Crippen molar-refractivity contribution in [1.82, 2.24) is 4.98 Å².